The average Bonchev–Trinajstić information content (AvgIpc) is 2.12. The molecule has 0 spiro atoms. The van der Waals surface area contributed by atoms with Crippen molar-refractivity contribution >= 4 is 0 Å². The van der Waals surface area contributed by atoms with Crippen molar-refractivity contribution in [1.82, 2.24) is 0 Å². The Kier molecular flexibility index (Phi) is 7.14. The molecule has 0 unspecified atom stereocenters. The smallest absolute Gasteiger partial charge is 0.157 e. The van der Waals surface area contributed by atoms with E-state index < -0.39 is 0 Å². The van der Waals surface area contributed by atoms with Gasteiger partial charge in [-0.2, -0.15) is 0 Å². The Morgan fingerprint density at radius 3 is 1.80 bits per heavy atom. The highest BCUT2D eigenvalue weighted by Crippen LogP contribution is 2.23. The summed E-state index contributed by atoms with van der Waals surface area (Å²) in [6, 6.07) is 0. The van der Waals surface area contributed by atoms with Crippen LogP contribution in [0.25, 0.3) is 0 Å². The summed E-state index contributed by atoms with van der Waals surface area (Å²) in [6.45, 7) is 11.3. The summed E-state index contributed by atoms with van der Waals surface area (Å²) in [4.78, 5) is 0. The molecule has 0 heterocycles. The van der Waals surface area contributed by atoms with E-state index in [1.807, 2.05) is 34.6 Å². The van der Waals surface area contributed by atoms with Gasteiger partial charge in [0.2, 0.25) is 0 Å². The van der Waals surface area contributed by atoms with Crippen molar-refractivity contribution < 1.29 is 14.6 Å². The summed E-state index contributed by atoms with van der Waals surface area (Å²) in [6.07, 6.45) is 0.992. The Labute approximate surface area is 93.8 Å². The lowest BCUT2D eigenvalue weighted by Gasteiger charge is -2.27. The maximum Gasteiger partial charge on any atom is 0.157 e. The maximum atomic E-state index is 9.86. The van der Waals surface area contributed by atoms with Crippen molar-refractivity contribution in [2.75, 3.05) is 13.2 Å². The molecule has 0 saturated heterocycles. The van der Waals surface area contributed by atoms with E-state index in [1.54, 1.807) is 0 Å². The van der Waals surface area contributed by atoms with Gasteiger partial charge in [0.05, 0.1) is 6.10 Å². The van der Waals surface area contributed by atoms with E-state index >= 15 is 0 Å². The zero-order valence-electron chi connectivity index (χ0n) is 10.7. The molecule has 0 aromatic heterocycles. The number of rotatable bonds is 7. The van der Waals surface area contributed by atoms with Crippen molar-refractivity contribution in [2.24, 2.45) is 5.41 Å². The van der Waals surface area contributed by atoms with Gasteiger partial charge in [0.15, 0.2) is 6.29 Å². The molecule has 92 valence electrons. The number of hydrogen-bond acceptors (Lipinski definition) is 3. The van der Waals surface area contributed by atoms with Crippen LogP contribution in [0.3, 0.4) is 0 Å². The minimum atomic E-state index is -0.305. The van der Waals surface area contributed by atoms with E-state index in [-0.39, 0.29) is 17.8 Å². The first-order valence-electron chi connectivity index (χ1n) is 5.83. The lowest BCUT2D eigenvalue weighted by molar-refractivity contribution is -0.145. The lowest BCUT2D eigenvalue weighted by atomic mass is 9.86. The van der Waals surface area contributed by atoms with Gasteiger partial charge in [0, 0.05) is 19.6 Å². The second-order valence-electron chi connectivity index (χ2n) is 4.80. The molecule has 0 bridgehead atoms. The third kappa shape index (κ3) is 6.88. The third-order valence-corrected chi connectivity index (χ3v) is 2.38. The zero-order valence-corrected chi connectivity index (χ0v) is 10.7. The van der Waals surface area contributed by atoms with Gasteiger partial charge in [-0.25, -0.2) is 0 Å². The van der Waals surface area contributed by atoms with Crippen LogP contribution in [0.15, 0.2) is 0 Å². The number of aliphatic hydroxyl groups excluding tert-OH is 1. The Hall–Kier alpha value is -0.120. The maximum absolute atomic E-state index is 9.86. The van der Waals surface area contributed by atoms with Crippen molar-refractivity contribution in [1.29, 1.82) is 0 Å². The largest absolute Gasteiger partial charge is 0.393 e. The molecule has 3 nitrogen and oxygen atoms in total. The monoisotopic (exact) mass is 218 g/mol. The van der Waals surface area contributed by atoms with Gasteiger partial charge in [0.1, 0.15) is 0 Å². The molecule has 1 atom stereocenters. The van der Waals surface area contributed by atoms with Crippen LogP contribution in [0.5, 0.6) is 0 Å². The fraction of sp³-hybridized carbons (Fsp3) is 1.00. The first-order chi connectivity index (χ1) is 6.91. The Balaban J connectivity index is 3.87. The molecule has 3 heteroatoms. The predicted octanol–water partition coefficient (Wildman–Crippen LogP) is 2.57. The van der Waals surface area contributed by atoms with Gasteiger partial charge in [-0.05, 0) is 25.7 Å². The van der Waals surface area contributed by atoms with Crippen LogP contribution in [0, 0.1) is 5.41 Å². The topological polar surface area (TPSA) is 38.7 Å². The Morgan fingerprint density at radius 2 is 1.47 bits per heavy atom. The van der Waals surface area contributed by atoms with Crippen molar-refractivity contribution in [3.05, 3.63) is 0 Å². The summed E-state index contributed by atoms with van der Waals surface area (Å²) in [5.74, 6) is 0. The quantitative estimate of drug-likeness (QED) is 0.667. The van der Waals surface area contributed by atoms with Gasteiger partial charge >= 0.3 is 0 Å². The van der Waals surface area contributed by atoms with Crippen LogP contribution >= 0.6 is 0 Å². The van der Waals surface area contributed by atoms with E-state index in [0.717, 1.165) is 6.42 Å². The van der Waals surface area contributed by atoms with Gasteiger partial charge in [-0.1, -0.05) is 20.8 Å². The normalized spacial score (nSPS) is 14.6. The Bertz CT molecular complexity index is 145. The van der Waals surface area contributed by atoms with Crippen molar-refractivity contribution in [3.8, 4) is 0 Å². The van der Waals surface area contributed by atoms with Gasteiger partial charge in [-0.3, -0.25) is 0 Å². The van der Waals surface area contributed by atoms with Gasteiger partial charge in [0.25, 0.3) is 0 Å². The second-order valence-corrected chi connectivity index (χ2v) is 4.80. The van der Waals surface area contributed by atoms with Crippen LogP contribution in [0.2, 0.25) is 0 Å². The van der Waals surface area contributed by atoms with Crippen molar-refractivity contribution in [3.63, 3.8) is 0 Å². The molecule has 0 aromatic rings. The number of hydrogen-bond donors (Lipinski definition) is 1. The first kappa shape index (κ1) is 14.9. The fourth-order valence-corrected chi connectivity index (χ4v) is 1.31. The Morgan fingerprint density at radius 1 is 1.00 bits per heavy atom. The molecule has 0 radical (unpaired) electrons. The molecular weight excluding hydrogens is 192 g/mol. The highest BCUT2D eigenvalue weighted by Gasteiger charge is 2.23. The summed E-state index contributed by atoms with van der Waals surface area (Å²) in [7, 11) is 0. The summed E-state index contributed by atoms with van der Waals surface area (Å²) in [5, 5.41) is 9.86. The molecular formula is C12H26O3. The van der Waals surface area contributed by atoms with Crippen LogP contribution in [-0.4, -0.2) is 30.7 Å². The summed E-state index contributed by atoms with van der Waals surface area (Å²) in [5.41, 5.74) is -0.0665. The van der Waals surface area contributed by atoms with E-state index in [9.17, 15) is 5.11 Å². The number of aliphatic hydroxyl groups is 1. The third-order valence-electron chi connectivity index (χ3n) is 2.38. The minimum Gasteiger partial charge on any atom is -0.393 e. The molecule has 15 heavy (non-hydrogen) atoms. The van der Waals surface area contributed by atoms with Crippen LogP contribution in [-0.2, 0) is 9.47 Å². The molecule has 0 aliphatic carbocycles. The van der Waals surface area contributed by atoms with Gasteiger partial charge < -0.3 is 14.6 Å². The average molecular weight is 218 g/mol. The lowest BCUT2D eigenvalue weighted by Crippen LogP contribution is -2.28. The molecule has 0 aliphatic rings. The standard InChI is InChI=1S/C12H26O3/c1-6-14-11(15-7-2)9-8-10(13)12(3,4)5/h10-11,13H,6-9H2,1-5H3/t10-/m0/s1. The second kappa shape index (κ2) is 7.20. The summed E-state index contributed by atoms with van der Waals surface area (Å²) < 4.78 is 10.8. The summed E-state index contributed by atoms with van der Waals surface area (Å²) >= 11 is 0. The molecule has 0 amide bonds. The molecule has 0 rings (SSSR count). The van der Waals surface area contributed by atoms with Gasteiger partial charge in [-0.15, -0.1) is 0 Å². The minimum absolute atomic E-state index is 0.0665. The van der Waals surface area contributed by atoms with Crippen LogP contribution in [0.4, 0.5) is 0 Å². The SMILES string of the molecule is CCOC(CC[C@H](O)C(C)(C)C)OCC. The van der Waals surface area contributed by atoms with Crippen molar-refractivity contribution in [2.45, 2.75) is 59.9 Å². The van der Waals surface area contributed by atoms with E-state index in [0.29, 0.717) is 19.6 Å². The molecule has 0 fully saturated rings. The highest BCUT2D eigenvalue weighted by atomic mass is 16.7. The van der Waals surface area contributed by atoms with Crippen LogP contribution < -0.4 is 0 Å². The first-order valence-corrected chi connectivity index (χ1v) is 5.83. The highest BCUT2D eigenvalue weighted by molar-refractivity contribution is 4.72. The van der Waals surface area contributed by atoms with Crippen LogP contribution in [0.1, 0.15) is 47.5 Å². The van der Waals surface area contributed by atoms with E-state index in [4.69, 9.17) is 9.47 Å². The molecule has 1 N–H and O–H groups in total. The zero-order chi connectivity index (χ0) is 11.9. The molecule has 0 saturated carbocycles. The fourth-order valence-electron chi connectivity index (χ4n) is 1.31. The predicted molar refractivity (Wildman–Crippen MR) is 61.7 cm³/mol. The molecule has 0 aliphatic heterocycles. The van der Waals surface area contributed by atoms with E-state index in [2.05, 4.69) is 0 Å². The molecule has 0 aromatic carbocycles. The van der Waals surface area contributed by atoms with E-state index in [1.165, 1.54) is 0 Å². The number of ether oxygens (including phenoxy) is 2.